The summed E-state index contributed by atoms with van der Waals surface area (Å²) in [6.07, 6.45) is 5.72. The van der Waals surface area contributed by atoms with Gasteiger partial charge in [-0.1, -0.05) is 0 Å². The molecule has 2 atom stereocenters. The molecule has 92 valence electrons. The Labute approximate surface area is 102 Å². The summed E-state index contributed by atoms with van der Waals surface area (Å²) in [6.45, 7) is 2.23. The third-order valence-electron chi connectivity index (χ3n) is 3.82. The zero-order valence-electron chi connectivity index (χ0n) is 10.2. The minimum atomic E-state index is 0.654. The lowest BCUT2D eigenvalue weighted by molar-refractivity contribution is 0.398. The van der Waals surface area contributed by atoms with Gasteiger partial charge in [0.25, 0.3) is 0 Å². The van der Waals surface area contributed by atoms with Crippen molar-refractivity contribution in [1.29, 1.82) is 0 Å². The smallest absolute Gasteiger partial charge is 0.214 e. The van der Waals surface area contributed by atoms with E-state index in [-0.39, 0.29) is 0 Å². The zero-order valence-corrected chi connectivity index (χ0v) is 10.2. The molecule has 1 N–H and O–H groups in total. The SMILES string of the molecule is COc1cc(N2CCC3CCC(C2)N3)ccn1. The first kappa shape index (κ1) is 10.8. The Kier molecular flexibility index (Phi) is 2.89. The van der Waals surface area contributed by atoms with Gasteiger partial charge >= 0.3 is 0 Å². The molecular formula is C13H19N3O. The molecule has 3 heterocycles. The Hall–Kier alpha value is -1.29. The highest BCUT2D eigenvalue weighted by Crippen LogP contribution is 2.25. The lowest BCUT2D eigenvalue weighted by Gasteiger charge is -2.26. The van der Waals surface area contributed by atoms with Gasteiger partial charge in [-0.2, -0.15) is 0 Å². The van der Waals surface area contributed by atoms with E-state index in [1.807, 2.05) is 12.3 Å². The third kappa shape index (κ3) is 2.22. The third-order valence-corrected chi connectivity index (χ3v) is 3.82. The number of aromatic nitrogens is 1. The second kappa shape index (κ2) is 4.53. The van der Waals surface area contributed by atoms with Gasteiger partial charge in [0.1, 0.15) is 0 Å². The van der Waals surface area contributed by atoms with Crippen LogP contribution < -0.4 is 15.0 Å². The predicted molar refractivity (Wildman–Crippen MR) is 67.6 cm³/mol. The van der Waals surface area contributed by atoms with E-state index in [1.54, 1.807) is 7.11 Å². The minimum Gasteiger partial charge on any atom is -0.481 e. The maximum atomic E-state index is 5.19. The number of nitrogens with zero attached hydrogens (tertiary/aromatic N) is 2. The second-order valence-corrected chi connectivity index (χ2v) is 4.93. The average Bonchev–Trinajstić information content (AvgIpc) is 2.69. The van der Waals surface area contributed by atoms with E-state index in [1.165, 1.54) is 24.9 Å². The van der Waals surface area contributed by atoms with Gasteiger partial charge in [0.15, 0.2) is 0 Å². The molecule has 1 aromatic heterocycles. The van der Waals surface area contributed by atoms with E-state index < -0.39 is 0 Å². The van der Waals surface area contributed by atoms with Crippen LogP contribution >= 0.6 is 0 Å². The Morgan fingerprint density at radius 3 is 3.12 bits per heavy atom. The molecule has 2 aliphatic rings. The molecule has 0 spiro atoms. The van der Waals surface area contributed by atoms with Crippen molar-refractivity contribution in [2.45, 2.75) is 31.3 Å². The molecule has 2 bridgehead atoms. The van der Waals surface area contributed by atoms with Crippen LogP contribution in [0.15, 0.2) is 18.3 Å². The fourth-order valence-corrected chi connectivity index (χ4v) is 2.88. The van der Waals surface area contributed by atoms with Crippen molar-refractivity contribution in [3.8, 4) is 5.88 Å². The van der Waals surface area contributed by atoms with Crippen molar-refractivity contribution in [1.82, 2.24) is 10.3 Å². The first-order valence-electron chi connectivity index (χ1n) is 6.36. The fourth-order valence-electron chi connectivity index (χ4n) is 2.88. The summed E-state index contributed by atoms with van der Waals surface area (Å²) in [6, 6.07) is 5.48. The van der Waals surface area contributed by atoms with Crippen molar-refractivity contribution in [2.75, 3.05) is 25.1 Å². The molecule has 2 fully saturated rings. The molecule has 2 saturated heterocycles. The van der Waals surface area contributed by atoms with E-state index in [9.17, 15) is 0 Å². The maximum absolute atomic E-state index is 5.19. The van der Waals surface area contributed by atoms with Gasteiger partial charge in [-0.05, 0) is 25.3 Å². The summed E-state index contributed by atoms with van der Waals surface area (Å²) in [5, 5.41) is 3.69. The van der Waals surface area contributed by atoms with E-state index in [4.69, 9.17) is 4.74 Å². The van der Waals surface area contributed by atoms with Gasteiger partial charge in [0, 0.05) is 43.1 Å². The number of nitrogens with one attached hydrogen (secondary N) is 1. The van der Waals surface area contributed by atoms with Gasteiger partial charge in [0.2, 0.25) is 5.88 Å². The van der Waals surface area contributed by atoms with Crippen molar-refractivity contribution >= 4 is 5.69 Å². The first-order chi connectivity index (χ1) is 8.35. The quantitative estimate of drug-likeness (QED) is 0.838. The van der Waals surface area contributed by atoms with Gasteiger partial charge in [0.05, 0.1) is 7.11 Å². The summed E-state index contributed by atoms with van der Waals surface area (Å²) in [5.74, 6) is 0.699. The van der Waals surface area contributed by atoms with Crippen LogP contribution in [0.3, 0.4) is 0 Å². The number of ether oxygens (including phenoxy) is 1. The Morgan fingerprint density at radius 2 is 2.24 bits per heavy atom. The lowest BCUT2D eigenvalue weighted by atomic mass is 10.1. The first-order valence-corrected chi connectivity index (χ1v) is 6.36. The molecule has 3 rings (SSSR count). The largest absolute Gasteiger partial charge is 0.481 e. The monoisotopic (exact) mass is 233 g/mol. The van der Waals surface area contributed by atoms with Crippen LogP contribution in [-0.2, 0) is 0 Å². The van der Waals surface area contributed by atoms with Gasteiger partial charge < -0.3 is 15.0 Å². The standard InChI is InChI=1S/C13H19N3O/c1-17-13-8-12(4-6-14-13)16-7-5-10-2-3-11(9-16)15-10/h4,6,8,10-11,15H,2-3,5,7,9H2,1H3. The second-order valence-electron chi connectivity index (χ2n) is 4.93. The molecule has 0 amide bonds. The summed E-state index contributed by atoms with van der Waals surface area (Å²) in [5.41, 5.74) is 1.23. The molecule has 0 aliphatic carbocycles. The predicted octanol–water partition coefficient (Wildman–Crippen LogP) is 1.42. The number of hydrogen-bond acceptors (Lipinski definition) is 4. The highest BCUT2D eigenvalue weighted by molar-refractivity contribution is 5.48. The van der Waals surface area contributed by atoms with Crippen LogP contribution in [0.1, 0.15) is 19.3 Å². The molecule has 1 aromatic rings. The van der Waals surface area contributed by atoms with Crippen LogP contribution in [0.2, 0.25) is 0 Å². The number of methoxy groups -OCH3 is 1. The Bertz CT molecular complexity index is 396. The summed E-state index contributed by atoms with van der Waals surface area (Å²) in [4.78, 5) is 6.61. The molecule has 2 aliphatic heterocycles. The topological polar surface area (TPSA) is 37.4 Å². The summed E-state index contributed by atoms with van der Waals surface area (Å²) in [7, 11) is 1.66. The van der Waals surface area contributed by atoms with E-state index >= 15 is 0 Å². The molecular weight excluding hydrogens is 214 g/mol. The summed E-state index contributed by atoms with van der Waals surface area (Å²) < 4.78 is 5.19. The normalized spacial score (nSPS) is 27.9. The van der Waals surface area contributed by atoms with Crippen LogP contribution in [0.25, 0.3) is 0 Å². The van der Waals surface area contributed by atoms with Crippen LogP contribution in [-0.4, -0.2) is 37.3 Å². The molecule has 2 unspecified atom stereocenters. The lowest BCUT2D eigenvalue weighted by Crippen LogP contribution is -2.35. The van der Waals surface area contributed by atoms with E-state index in [2.05, 4.69) is 21.3 Å². The maximum Gasteiger partial charge on any atom is 0.214 e. The van der Waals surface area contributed by atoms with Crippen LogP contribution in [0.5, 0.6) is 5.88 Å². The van der Waals surface area contributed by atoms with Gasteiger partial charge in [-0.3, -0.25) is 0 Å². The van der Waals surface area contributed by atoms with Crippen molar-refractivity contribution in [3.63, 3.8) is 0 Å². The number of pyridine rings is 1. The number of fused-ring (bicyclic) bond motifs is 2. The van der Waals surface area contributed by atoms with E-state index in [0.29, 0.717) is 11.9 Å². The minimum absolute atomic E-state index is 0.654. The van der Waals surface area contributed by atoms with Crippen molar-refractivity contribution < 1.29 is 4.74 Å². The van der Waals surface area contributed by atoms with Crippen LogP contribution in [0, 0.1) is 0 Å². The molecule has 4 heteroatoms. The molecule has 0 radical (unpaired) electrons. The van der Waals surface area contributed by atoms with Gasteiger partial charge in [-0.25, -0.2) is 4.98 Å². The highest BCUT2D eigenvalue weighted by atomic mass is 16.5. The Morgan fingerprint density at radius 1 is 1.35 bits per heavy atom. The number of anilines is 1. The fraction of sp³-hybridized carbons (Fsp3) is 0.615. The van der Waals surface area contributed by atoms with Gasteiger partial charge in [-0.15, -0.1) is 0 Å². The van der Waals surface area contributed by atoms with Crippen molar-refractivity contribution in [3.05, 3.63) is 18.3 Å². The zero-order chi connectivity index (χ0) is 11.7. The highest BCUT2D eigenvalue weighted by Gasteiger charge is 2.29. The molecule has 4 nitrogen and oxygen atoms in total. The van der Waals surface area contributed by atoms with E-state index in [0.717, 1.165) is 19.1 Å². The molecule has 0 saturated carbocycles. The average molecular weight is 233 g/mol. The molecule has 0 aromatic carbocycles. The number of hydrogen-bond donors (Lipinski definition) is 1. The molecule has 17 heavy (non-hydrogen) atoms. The van der Waals surface area contributed by atoms with Crippen LogP contribution in [0.4, 0.5) is 5.69 Å². The summed E-state index contributed by atoms with van der Waals surface area (Å²) >= 11 is 0. The number of rotatable bonds is 2. The van der Waals surface area contributed by atoms with Crippen molar-refractivity contribution in [2.24, 2.45) is 0 Å². The Balaban J connectivity index is 1.78.